The monoisotopic (exact) mass is 226 g/mol. The Morgan fingerprint density at radius 2 is 1.81 bits per heavy atom. The molecule has 1 aliphatic carbocycles. The second-order valence-corrected chi connectivity index (χ2v) is 5.77. The summed E-state index contributed by atoms with van der Waals surface area (Å²) in [7, 11) is 2.05. The van der Waals surface area contributed by atoms with Crippen LogP contribution in [0.1, 0.15) is 52.9 Å². The summed E-state index contributed by atoms with van der Waals surface area (Å²) in [6.45, 7) is 9.50. The Bertz CT molecular complexity index is 174. The van der Waals surface area contributed by atoms with Gasteiger partial charge in [-0.1, -0.05) is 26.7 Å². The van der Waals surface area contributed by atoms with Crippen molar-refractivity contribution >= 4 is 0 Å². The molecule has 0 aromatic carbocycles. The van der Waals surface area contributed by atoms with E-state index in [9.17, 15) is 0 Å². The van der Waals surface area contributed by atoms with Crippen molar-refractivity contribution in [3.8, 4) is 0 Å². The van der Waals surface area contributed by atoms with Gasteiger partial charge >= 0.3 is 0 Å². The molecule has 0 aliphatic heterocycles. The number of hydrogen-bond donors (Lipinski definition) is 1. The zero-order valence-corrected chi connectivity index (χ0v) is 11.6. The van der Waals surface area contributed by atoms with E-state index in [0.29, 0.717) is 0 Å². The number of nitrogens with zero attached hydrogens (tertiary/aromatic N) is 1. The van der Waals surface area contributed by atoms with Crippen molar-refractivity contribution in [1.29, 1.82) is 0 Å². The molecule has 2 heteroatoms. The standard InChI is InChI=1S/C14H30N2/c1-12(2)11-16(13(3)9-10-15-4)14-7-5-6-8-14/h12-15H,5-11H2,1-4H3. The third-order valence-corrected chi connectivity index (χ3v) is 3.75. The quantitative estimate of drug-likeness (QED) is 0.718. The molecule has 0 aromatic rings. The lowest BCUT2D eigenvalue weighted by molar-refractivity contribution is 0.122. The molecule has 1 fully saturated rings. The number of hydrogen-bond acceptors (Lipinski definition) is 2. The molecule has 0 spiro atoms. The highest BCUT2D eigenvalue weighted by molar-refractivity contribution is 4.82. The van der Waals surface area contributed by atoms with E-state index in [-0.39, 0.29) is 0 Å². The Morgan fingerprint density at radius 3 is 2.31 bits per heavy atom. The normalized spacial score (nSPS) is 19.9. The second kappa shape index (κ2) is 7.29. The minimum Gasteiger partial charge on any atom is -0.320 e. The zero-order valence-electron chi connectivity index (χ0n) is 11.6. The lowest BCUT2D eigenvalue weighted by atomic mass is 10.1. The van der Waals surface area contributed by atoms with Crippen LogP contribution in [0.2, 0.25) is 0 Å². The van der Waals surface area contributed by atoms with Gasteiger partial charge in [0.15, 0.2) is 0 Å². The first-order chi connectivity index (χ1) is 7.65. The molecular formula is C14H30N2. The van der Waals surface area contributed by atoms with Crippen molar-refractivity contribution in [3.63, 3.8) is 0 Å². The maximum Gasteiger partial charge on any atom is 0.00981 e. The Hall–Kier alpha value is -0.0800. The van der Waals surface area contributed by atoms with Gasteiger partial charge < -0.3 is 5.32 Å². The summed E-state index contributed by atoms with van der Waals surface area (Å²) in [5.74, 6) is 0.789. The van der Waals surface area contributed by atoms with Crippen LogP contribution in [0, 0.1) is 5.92 Å². The van der Waals surface area contributed by atoms with E-state index in [4.69, 9.17) is 0 Å². The molecule has 1 atom stereocenters. The largest absolute Gasteiger partial charge is 0.320 e. The Morgan fingerprint density at radius 1 is 1.19 bits per heavy atom. The fourth-order valence-electron chi connectivity index (χ4n) is 2.87. The smallest absolute Gasteiger partial charge is 0.00981 e. The number of rotatable bonds is 7. The van der Waals surface area contributed by atoms with E-state index in [1.54, 1.807) is 0 Å². The fraction of sp³-hybridized carbons (Fsp3) is 1.00. The zero-order chi connectivity index (χ0) is 12.0. The lowest BCUT2D eigenvalue weighted by Gasteiger charge is -2.36. The highest BCUT2D eigenvalue weighted by atomic mass is 15.2. The van der Waals surface area contributed by atoms with Crippen molar-refractivity contribution in [2.75, 3.05) is 20.1 Å². The molecule has 0 aromatic heterocycles. The minimum atomic E-state index is 0.734. The van der Waals surface area contributed by atoms with Gasteiger partial charge in [-0.2, -0.15) is 0 Å². The molecule has 1 rings (SSSR count). The fourth-order valence-corrected chi connectivity index (χ4v) is 2.87. The van der Waals surface area contributed by atoms with Crippen molar-refractivity contribution in [2.45, 2.75) is 65.0 Å². The van der Waals surface area contributed by atoms with Crippen LogP contribution in [0.15, 0.2) is 0 Å². The predicted molar refractivity (Wildman–Crippen MR) is 71.8 cm³/mol. The van der Waals surface area contributed by atoms with Crippen LogP contribution in [0.25, 0.3) is 0 Å². The lowest BCUT2D eigenvalue weighted by Crippen LogP contribution is -2.43. The van der Waals surface area contributed by atoms with Gasteiger partial charge in [-0.25, -0.2) is 0 Å². The van der Waals surface area contributed by atoms with Crippen molar-refractivity contribution in [3.05, 3.63) is 0 Å². The van der Waals surface area contributed by atoms with Gasteiger partial charge in [0.25, 0.3) is 0 Å². The third-order valence-electron chi connectivity index (χ3n) is 3.75. The summed E-state index contributed by atoms with van der Waals surface area (Å²) < 4.78 is 0. The summed E-state index contributed by atoms with van der Waals surface area (Å²) in [5, 5.41) is 3.27. The first kappa shape index (κ1) is 14.0. The van der Waals surface area contributed by atoms with E-state index >= 15 is 0 Å². The summed E-state index contributed by atoms with van der Waals surface area (Å²) in [6.07, 6.45) is 7.02. The maximum atomic E-state index is 3.27. The average molecular weight is 226 g/mol. The van der Waals surface area contributed by atoms with Crippen molar-refractivity contribution < 1.29 is 0 Å². The van der Waals surface area contributed by atoms with Gasteiger partial charge in [0.1, 0.15) is 0 Å². The highest BCUT2D eigenvalue weighted by Gasteiger charge is 2.26. The van der Waals surface area contributed by atoms with Gasteiger partial charge in [-0.05, 0) is 45.7 Å². The van der Waals surface area contributed by atoms with Crippen LogP contribution < -0.4 is 5.32 Å². The van der Waals surface area contributed by atoms with Crippen LogP contribution in [-0.2, 0) is 0 Å². The third kappa shape index (κ3) is 4.42. The Labute approximate surface area is 102 Å². The van der Waals surface area contributed by atoms with Gasteiger partial charge in [0.05, 0.1) is 0 Å². The average Bonchev–Trinajstić information content (AvgIpc) is 2.75. The van der Waals surface area contributed by atoms with Crippen LogP contribution >= 0.6 is 0 Å². The molecule has 16 heavy (non-hydrogen) atoms. The molecule has 0 amide bonds. The second-order valence-electron chi connectivity index (χ2n) is 5.77. The van der Waals surface area contributed by atoms with E-state index in [1.807, 2.05) is 0 Å². The van der Waals surface area contributed by atoms with Gasteiger partial charge in [-0.15, -0.1) is 0 Å². The first-order valence-corrected chi connectivity index (χ1v) is 7.05. The summed E-state index contributed by atoms with van der Waals surface area (Å²) in [4.78, 5) is 2.77. The topological polar surface area (TPSA) is 15.3 Å². The molecule has 0 saturated heterocycles. The van der Waals surface area contributed by atoms with Crippen LogP contribution in [0.5, 0.6) is 0 Å². The molecule has 1 unspecified atom stereocenters. The van der Waals surface area contributed by atoms with E-state index < -0.39 is 0 Å². The van der Waals surface area contributed by atoms with Crippen LogP contribution in [-0.4, -0.2) is 37.1 Å². The molecule has 0 bridgehead atoms. The molecule has 1 saturated carbocycles. The maximum absolute atomic E-state index is 3.27. The van der Waals surface area contributed by atoms with Crippen molar-refractivity contribution in [1.82, 2.24) is 10.2 Å². The van der Waals surface area contributed by atoms with E-state index in [2.05, 4.69) is 38.0 Å². The molecule has 0 radical (unpaired) electrons. The SMILES string of the molecule is CNCCC(C)N(CC(C)C)C1CCCC1. The van der Waals surface area contributed by atoms with E-state index in [1.165, 1.54) is 38.6 Å². The summed E-state index contributed by atoms with van der Waals surface area (Å²) in [5.41, 5.74) is 0. The van der Waals surface area contributed by atoms with Crippen LogP contribution in [0.4, 0.5) is 0 Å². The Kier molecular flexibility index (Phi) is 6.37. The molecule has 96 valence electrons. The van der Waals surface area contributed by atoms with Crippen molar-refractivity contribution in [2.24, 2.45) is 5.92 Å². The Balaban J connectivity index is 2.47. The van der Waals surface area contributed by atoms with Gasteiger partial charge in [0, 0.05) is 18.6 Å². The molecule has 2 nitrogen and oxygen atoms in total. The predicted octanol–water partition coefficient (Wildman–Crippen LogP) is 2.89. The highest BCUT2D eigenvalue weighted by Crippen LogP contribution is 2.26. The number of nitrogens with one attached hydrogen (secondary N) is 1. The van der Waals surface area contributed by atoms with Gasteiger partial charge in [-0.3, -0.25) is 4.90 Å². The summed E-state index contributed by atoms with van der Waals surface area (Å²) >= 11 is 0. The minimum absolute atomic E-state index is 0.734. The molecule has 1 N–H and O–H groups in total. The van der Waals surface area contributed by atoms with Crippen LogP contribution in [0.3, 0.4) is 0 Å². The molecule has 1 aliphatic rings. The molecular weight excluding hydrogens is 196 g/mol. The first-order valence-electron chi connectivity index (χ1n) is 7.05. The summed E-state index contributed by atoms with van der Waals surface area (Å²) in [6, 6.07) is 1.60. The van der Waals surface area contributed by atoms with E-state index in [0.717, 1.165) is 24.5 Å². The molecule has 0 heterocycles. The van der Waals surface area contributed by atoms with Gasteiger partial charge in [0.2, 0.25) is 0 Å².